The Morgan fingerprint density at radius 2 is 1.83 bits per heavy atom. The summed E-state index contributed by atoms with van der Waals surface area (Å²) in [5.41, 5.74) is 6.88. The predicted octanol–water partition coefficient (Wildman–Crippen LogP) is 1.57. The second-order valence-electron chi connectivity index (χ2n) is 11.0. The maximum absolute atomic E-state index is 12.3. The Kier molecular flexibility index (Phi) is 12.6. The van der Waals surface area contributed by atoms with Gasteiger partial charge in [0.25, 0.3) is 0 Å². The van der Waals surface area contributed by atoms with E-state index < -0.39 is 0 Å². The Balaban J connectivity index is 1.11. The molecular weight excluding hydrogens is 522 g/mol. The highest BCUT2D eigenvalue weighted by Gasteiger charge is 2.22. The Labute approximate surface area is 243 Å². The standard InChI is InChI=1S/C28H47N11O2/c29-25-20-26(37-15-17-38(18-16-37)27(41)10-4-5-19-40)34-28(33-25)32-21-24-22-39(36-35-24)14-7-12-30-11-6-13-31-23-8-2-1-3-9-23/h19-20,22-23,30-31H,1-18,21H2,(H3,29,32,33,34). The molecule has 41 heavy (non-hydrogen) atoms. The number of nitrogens with one attached hydrogen (secondary N) is 3. The van der Waals surface area contributed by atoms with Gasteiger partial charge in [-0.25, -0.2) is 0 Å². The van der Waals surface area contributed by atoms with E-state index in [0.717, 1.165) is 62.9 Å². The first kappa shape index (κ1) is 30.6. The molecule has 2 fully saturated rings. The van der Waals surface area contributed by atoms with E-state index in [1.165, 1.54) is 32.1 Å². The number of aromatic nitrogens is 5. The van der Waals surface area contributed by atoms with Crippen LogP contribution in [-0.2, 0) is 22.7 Å². The van der Waals surface area contributed by atoms with Crippen molar-refractivity contribution in [1.29, 1.82) is 0 Å². The summed E-state index contributed by atoms with van der Waals surface area (Å²) in [6.45, 7) is 6.89. The number of aryl methyl sites for hydroxylation is 1. The minimum Gasteiger partial charge on any atom is -0.383 e. The third kappa shape index (κ3) is 10.5. The number of nitrogens with zero attached hydrogens (tertiary/aromatic N) is 7. The summed E-state index contributed by atoms with van der Waals surface area (Å²) in [6, 6.07) is 2.49. The molecule has 0 aromatic carbocycles. The van der Waals surface area contributed by atoms with Crippen molar-refractivity contribution in [2.75, 3.05) is 61.8 Å². The number of amides is 1. The van der Waals surface area contributed by atoms with Crippen LogP contribution in [0.1, 0.15) is 69.9 Å². The van der Waals surface area contributed by atoms with Gasteiger partial charge in [-0.2, -0.15) is 9.97 Å². The van der Waals surface area contributed by atoms with Crippen LogP contribution in [0, 0.1) is 0 Å². The molecule has 0 unspecified atom stereocenters. The van der Waals surface area contributed by atoms with Crippen LogP contribution >= 0.6 is 0 Å². The van der Waals surface area contributed by atoms with Gasteiger partial charge in [-0.3, -0.25) is 9.48 Å². The first-order valence-corrected chi connectivity index (χ1v) is 15.3. The molecule has 13 heteroatoms. The lowest BCUT2D eigenvalue weighted by molar-refractivity contribution is -0.131. The average Bonchev–Trinajstić information content (AvgIpc) is 3.45. The van der Waals surface area contributed by atoms with Gasteiger partial charge < -0.3 is 36.3 Å². The lowest BCUT2D eigenvalue weighted by Crippen LogP contribution is -2.49. The van der Waals surface area contributed by atoms with Gasteiger partial charge in [0.2, 0.25) is 11.9 Å². The zero-order chi connectivity index (χ0) is 28.7. The largest absolute Gasteiger partial charge is 0.383 e. The fraction of sp³-hybridized carbons (Fsp3) is 0.714. The fourth-order valence-corrected chi connectivity index (χ4v) is 5.39. The van der Waals surface area contributed by atoms with Crippen molar-refractivity contribution < 1.29 is 9.59 Å². The Morgan fingerprint density at radius 3 is 2.63 bits per heavy atom. The molecule has 226 valence electrons. The van der Waals surface area contributed by atoms with E-state index in [-0.39, 0.29) is 5.91 Å². The van der Waals surface area contributed by atoms with Crippen LogP contribution in [0.25, 0.3) is 0 Å². The average molecular weight is 570 g/mol. The second-order valence-corrected chi connectivity index (χ2v) is 11.0. The zero-order valence-electron chi connectivity index (χ0n) is 24.3. The summed E-state index contributed by atoms with van der Waals surface area (Å²) >= 11 is 0. The Hall–Kier alpha value is -3.32. The topological polar surface area (TPSA) is 159 Å². The lowest BCUT2D eigenvalue weighted by atomic mass is 9.95. The monoisotopic (exact) mass is 569 g/mol. The molecule has 5 N–H and O–H groups in total. The van der Waals surface area contributed by atoms with Gasteiger partial charge >= 0.3 is 0 Å². The van der Waals surface area contributed by atoms with Crippen LogP contribution in [0.15, 0.2) is 12.3 Å². The summed E-state index contributed by atoms with van der Waals surface area (Å²) in [7, 11) is 0. The van der Waals surface area contributed by atoms with Crippen molar-refractivity contribution in [1.82, 2.24) is 40.5 Å². The second kappa shape index (κ2) is 16.8. The summed E-state index contributed by atoms with van der Waals surface area (Å²) in [6.07, 6.45) is 13.2. The first-order chi connectivity index (χ1) is 20.1. The number of nitrogens with two attached hydrogens (primary N) is 1. The smallest absolute Gasteiger partial charge is 0.226 e. The van der Waals surface area contributed by atoms with Gasteiger partial charge in [0.1, 0.15) is 23.6 Å². The molecule has 0 atom stereocenters. The van der Waals surface area contributed by atoms with Gasteiger partial charge in [0.05, 0.1) is 12.7 Å². The van der Waals surface area contributed by atoms with E-state index in [9.17, 15) is 9.59 Å². The van der Waals surface area contributed by atoms with E-state index >= 15 is 0 Å². The number of aldehydes is 1. The Bertz CT molecular complexity index is 1070. The summed E-state index contributed by atoms with van der Waals surface area (Å²) in [5, 5.41) is 18.9. The van der Waals surface area contributed by atoms with Crippen LogP contribution in [0.2, 0.25) is 0 Å². The van der Waals surface area contributed by atoms with E-state index in [1.807, 2.05) is 15.8 Å². The molecule has 0 radical (unpaired) electrons. The highest BCUT2D eigenvalue weighted by atomic mass is 16.2. The quantitative estimate of drug-likeness (QED) is 0.162. The maximum Gasteiger partial charge on any atom is 0.226 e. The number of piperazine rings is 1. The van der Waals surface area contributed by atoms with Crippen LogP contribution < -0.4 is 26.6 Å². The summed E-state index contributed by atoms with van der Waals surface area (Å²) < 4.78 is 1.87. The maximum atomic E-state index is 12.3. The summed E-state index contributed by atoms with van der Waals surface area (Å²) in [4.78, 5) is 35.7. The molecule has 4 rings (SSSR count). The predicted molar refractivity (Wildman–Crippen MR) is 159 cm³/mol. The van der Waals surface area contributed by atoms with Crippen LogP contribution in [0.4, 0.5) is 17.6 Å². The van der Waals surface area contributed by atoms with Gasteiger partial charge in [-0.1, -0.05) is 24.5 Å². The van der Waals surface area contributed by atoms with E-state index in [4.69, 9.17) is 5.73 Å². The molecule has 13 nitrogen and oxygen atoms in total. The van der Waals surface area contributed by atoms with Gasteiger partial charge in [-0.05, 0) is 51.7 Å². The number of anilines is 3. The van der Waals surface area contributed by atoms with Gasteiger partial charge in [0.15, 0.2) is 0 Å². The number of unbranched alkanes of at least 4 members (excludes halogenated alkanes) is 1. The lowest BCUT2D eigenvalue weighted by Gasteiger charge is -2.35. The Morgan fingerprint density at radius 1 is 1.02 bits per heavy atom. The van der Waals surface area contributed by atoms with Crippen LogP contribution in [0.3, 0.4) is 0 Å². The van der Waals surface area contributed by atoms with Crippen molar-refractivity contribution >= 4 is 29.8 Å². The van der Waals surface area contributed by atoms with Gasteiger partial charge in [0, 0.05) is 57.7 Å². The third-order valence-corrected chi connectivity index (χ3v) is 7.72. The van der Waals surface area contributed by atoms with Crippen molar-refractivity contribution in [3.8, 4) is 0 Å². The van der Waals surface area contributed by atoms with Crippen molar-refractivity contribution in [2.45, 2.75) is 83.3 Å². The van der Waals surface area contributed by atoms with Crippen molar-refractivity contribution in [3.63, 3.8) is 0 Å². The minimum absolute atomic E-state index is 0.0953. The van der Waals surface area contributed by atoms with Crippen LogP contribution in [-0.4, -0.2) is 93.9 Å². The molecule has 1 saturated carbocycles. The molecular formula is C28H47N11O2. The van der Waals surface area contributed by atoms with Crippen molar-refractivity contribution in [3.05, 3.63) is 18.0 Å². The molecule has 3 heterocycles. The number of hydrogen-bond donors (Lipinski definition) is 4. The number of carbonyl (C=O) groups is 2. The van der Waals surface area contributed by atoms with E-state index in [1.54, 1.807) is 6.07 Å². The highest BCUT2D eigenvalue weighted by molar-refractivity contribution is 5.76. The number of hydrogen-bond acceptors (Lipinski definition) is 11. The highest BCUT2D eigenvalue weighted by Crippen LogP contribution is 2.19. The molecule has 1 aliphatic carbocycles. The summed E-state index contributed by atoms with van der Waals surface area (Å²) in [5.74, 6) is 1.64. The molecule has 2 aromatic heterocycles. The van der Waals surface area contributed by atoms with E-state index in [0.29, 0.717) is 63.8 Å². The number of nitrogen functional groups attached to an aromatic ring is 1. The minimum atomic E-state index is 0.0953. The van der Waals surface area contributed by atoms with Gasteiger partial charge in [-0.15, -0.1) is 5.10 Å². The van der Waals surface area contributed by atoms with Crippen LogP contribution in [0.5, 0.6) is 0 Å². The molecule has 0 bridgehead atoms. The normalized spacial score (nSPS) is 16.2. The molecule has 0 spiro atoms. The zero-order valence-corrected chi connectivity index (χ0v) is 24.3. The number of carbonyl (C=O) groups excluding carboxylic acids is 2. The number of rotatable bonds is 17. The molecule has 2 aliphatic rings. The molecule has 1 amide bonds. The molecule has 1 aliphatic heterocycles. The SMILES string of the molecule is Nc1cc(N2CCN(C(=O)CCCC=O)CC2)nc(NCc2cn(CCCNCCCNC3CCCCC3)nn2)n1. The van der Waals surface area contributed by atoms with Crippen molar-refractivity contribution in [2.24, 2.45) is 0 Å². The third-order valence-electron chi connectivity index (χ3n) is 7.72. The fourth-order valence-electron chi connectivity index (χ4n) is 5.39. The van der Waals surface area contributed by atoms with E-state index in [2.05, 4.69) is 41.1 Å². The first-order valence-electron chi connectivity index (χ1n) is 15.3. The molecule has 1 saturated heterocycles. The molecule has 2 aromatic rings.